The third-order valence-corrected chi connectivity index (χ3v) is 3.48. The molecule has 0 atom stereocenters. The van der Waals surface area contributed by atoms with E-state index in [-0.39, 0.29) is 11.4 Å². The summed E-state index contributed by atoms with van der Waals surface area (Å²) in [5, 5.41) is 5.42. The lowest BCUT2D eigenvalue weighted by Gasteiger charge is -2.13. The summed E-state index contributed by atoms with van der Waals surface area (Å²) in [7, 11) is 0. The number of hydrogen-bond donors (Lipinski definition) is 2. The van der Waals surface area contributed by atoms with Crippen molar-refractivity contribution in [3.63, 3.8) is 0 Å². The van der Waals surface area contributed by atoms with Gasteiger partial charge in [-0.25, -0.2) is 9.97 Å². The van der Waals surface area contributed by atoms with Gasteiger partial charge in [0, 0.05) is 12.1 Å². The minimum absolute atomic E-state index is 0.0163. The van der Waals surface area contributed by atoms with Gasteiger partial charge in [-0.2, -0.15) is 13.2 Å². The summed E-state index contributed by atoms with van der Waals surface area (Å²) >= 11 is 0. The topological polar surface area (TPSA) is 66.9 Å². The Morgan fingerprint density at radius 2 is 1.92 bits per heavy atom. The van der Waals surface area contributed by atoms with Crippen molar-refractivity contribution in [2.45, 2.75) is 32.0 Å². The lowest BCUT2D eigenvalue weighted by Crippen LogP contribution is -2.19. The molecule has 1 heterocycles. The molecule has 0 bridgehead atoms. The first-order valence-electron chi connectivity index (χ1n) is 7.43. The first-order valence-corrected chi connectivity index (χ1v) is 7.43. The molecule has 2 N–H and O–H groups in total. The average molecular weight is 336 g/mol. The largest absolute Gasteiger partial charge is 0.418 e. The molecule has 0 unspecified atom stereocenters. The molecular weight excluding hydrogens is 321 g/mol. The molecule has 1 aliphatic rings. The van der Waals surface area contributed by atoms with Crippen LogP contribution in [-0.4, -0.2) is 21.9 Å². The minimum Gasteiger partial charge on any atom is -0.367 e. The normalized spacial score (nSPS) is 14.3. The lowest BCUT2D eigenvalue weighted by molar-refractivity contribution is -0.136. The molecule has 24 heavy (non-hydrogen) atoms. The number of nitrogens with one attached hydrogen (secondary N) is 2. The first kappa shape index (κ1) is 16.2. The third-order valence-electron chi connectivity index (χ3n) is 3.48. The first-order chi connectivity index (χ1) is 11.3. The van der Waals surface area contributed by atoms with Gasteiger partial charge in [0.2, 0.25) is 0 Å². The molecule has 3 rings (SSSR count). The van der Waals surface area contributed by atoms with E-state index in [4.69, 9.17) is 0 Å². The number of halogens is 3. The zero-order valence-corrected chi connectivity index (χ0v) is 12.8. The number of nitrogens with zero attached hydrogens (tertiary/aromatic N) is 2. The Hall–Kier alpha value is -2.64. The smallest absolute Gasteiger partial charge is 0.367 e. The van der Waals surface area contributed by atoms with Crippen LogP contribution in [-0.2, 0) is 6.18 Å². The van der Waals surface area contributed by atoms with Crippen molar-refractivity contribution in [1.82, 2.24) is 9.97 Å². The molecule has 5 nitrogen and oxygen atoms in total. The summed E-state index contributed by atoms with van der Waals surface area (Å²) in [4.78, 5) is 20.5. The van der Waals surface area contributed by atoms with Gasteiger partial charge in [0.1, 0.15) is 17.3 Å². The van der Waals surface area contributed by atoms with Gasteiger partial charge >= 0.3 is 6.18 Å². The van der Waals surface area contributed by atoms with Crippen LogP contribution in [0, 0.1) is 6.92 Å². The number of amides is 1. The van der Waals surface area contributed by atoms with E-state index >= 15 is 0 Å². The molecule has 1 aliphatic carbocycles. The van der Waals surface area contributed by atoms with Crippen molar-refractivity contribution in [3.8, 4) is 0 Å². The summed E-state index contributed by atoms with van der Waals surface area (Å²) in [6, 6.07) is 6.60. The number of aryl methyl sites for hydroxylation is 1. The van der Waals surface area contributed by atoms with E-state index in [9.17, 15) is 18.0 Å². The molecule has 126 valence electrons. The number of alkyl halides is 3. The molecule has 8 heteroatoms. The van der Waals surface area contributed by atoms with Crippen LogP contribution >= 0.6 is 0 Å². The fourth-order valence-corrected chi connectivity index (χ4v) is 2.22. The Balaban J connectivity index is 1.84. The monoisotopic (exact) mass is 336 g/mol. The Labute approximate surface area is 136 Å². The second kappa shape index (κ2) is 6.10. The number of carbonyl (C=O) groups excluding carboxylic acids is 1. The summed E-state index contributed by atoms with van der Waals surface area (Å²) in [6.07, 6.45) is -2.49. The predicted octanol–water partition coefficient (Wildman–Crippen LogP) is 3.63. The zero-order valence-electron chi connectivity index (χ0n) is 12.8. The van der Waals surface area contributed by atoms with Gasteiger partial charge in [0.05, 0.1) is 11.3 Å². The van der Waals surface area contributed by atoms with Crippen LogP contribution in [0.4, 0.5) is 24.7 Å². The molecule has 0 spiro atoms. The van der Waals surface area contributed by atoms with E-state index in [2.05, 4.69) is 20.6 Å². The van der Waals surface area contributed by atoms with Crippen LogP contribution in [0.2, 0.25) is 0 Å². The van der Waals surface area contributed by atoms with Crippen molar-refractivity contribution >= 4 is 17.4 Å². The van der Waals surface area contributed by atoms with Crippen LogP contribution in [0.5, 0.6) is 0 Å². The van der Waals surface area contributed by atoms with Gasteiger partial charge in [0.25, 0.3) is 5.91 Å². The van der Waals surface area contributed by atoms with Gasteiger partial charge in [-0.15, -0.1) is 0 Å². The second-order valence-electron chi connectivity index (χ2n) is 5.60. The molecular formula is C16H15F3N4O. The standard InChI is InChI=1S/C16H15F3N4O/c1-9-20-13(8-14(21-9)22-10-6-7-10)15(24)23-12-5-3-2-4-11(12)16(17,18)19/h2-5,8,10H,6-7H2,1H3,(H,23,24)(H,20,21,22). The highest BCUT2D eigenvalue weighted by Gasteiger charge is 2.33. The van der Waals surface area contributed by atoms with Crippen molar-refractivity contribution in [2.24, 2.45) is 0 Å². The Morgan fingerprint density at radius 3 is 2.58 bits per heavy atom. The summed E-state index contributed by atoms with van der Waals surface area (Å²) < 4.78 is 39.0. The Bertz CT molecular complexity index is 772. The maximum absolute atomic E-state index is 13.0. The van der Waals surface area contributed by atoms with Gasteiger partial charge in [-0.1, -0.05) is 12.1 Å². The summed E-state index contributed by atoms with van der Waals surface area (Å²) in [6.45, 7) is 1.62. The molecule has 0 aliphatic heterocycles. The van der Waals surface area contributed by atoms with E-state index in [1.54, 1.807) is 6.92 Å². The van der Waals surface area contributed by atoms with E-state index in [0.29, 0.717) is 17.7 Å². The quantitative estimate of drug-likeness (QED) is 0.895. The number of carbonyl (C=O) groups is 1. The molecule has 0 saturated heterocycles. The SMILES string of the molecule is Cc1nc(NC2CC2)cc(C(=O)Nc2ccccc2C(F)(F)F)n1. The minimum atomic E-state index is -4.55. The van der Waals surface area contributed by atoms with Crippen LogP contribution in [0.25, 0.3) is 0 Å². The highest BCUT2D eigenvalue weighted by Crippen LogP contribution is 2.34. The van der Waals surface area contributed by atoms with E-state index in [1.165, 1.54) is 24.3 Å². The van der Waals surface area contributed by atoms with Gasteiger partial charge in [-0.3, -0.25) is 4.79 Å². The molecule has 2 aromatic rings. The van der Waals surface area contributed by atoms with Gasteiger partial charge in [0.15, 0.2) is 0 Å². The zero-order chi connectivity index (χ0) is 17.3. The highest BCUT2D eigenvalue weighted by atomic mass is 19.4. The van der Waals surface area contributed by atoms with Crippen molar-refractivity contribution in [3.05, 3.63) is 47.4 Å². The van der Waals surface area contributed by atoms with E-state index < -0.39 is 17.6 Å². The predicted molar refractivity (Wildman–Crippen MR) is 82.8 cm³/mol. The molecule has 1 saturated carbocycles. The highest BCUT2D eigenvalue weighted by molar-refractivity contribution is 6.03. The molecule has 1 amide bonds. The number of rotatable bonds is 4. The molecule has 1 aromatic carbocycles. The average Bonchev–Trinajstić information content (AvgIpc) is 3.30. The maximum atomic E-state index is 13.0. The maximum Gasteiger partial charge on any atom is 0.418 e. The number of anilines is 2. The van der Waals surface area contributed by atoms with E-state index in [1.807, 2.05) is 0 Å². The number of para-hydroxylation sites is 1. The van der Waals surface area contributed by atoms with Gasteiger partial charge < -0.3 is 10.6 Å². The van der Waals surface area contributed by atoms with Gasteiger partial charge in [-0.05, 0) is 31.9 Å². The van der Waals surface area contributed by atoms with Crippen LogP contribution in [0.15, 0.2) is 30.3 Å². The number of aromatic nitrogens is 2. The fourth-order valence-electron chi connectivity index (χ4n) is 2.22. The summed E-state index contributed by atoms with van der Waals surface area (Å²) in [5.74, 6) is 0.158. The van der Waals surface area contributed by atoms with Crippen molar-refractivity contribution < 1.29 is 18.0 Å². The molecule has 1 fully saturated rings. The fraction of sp³-hybridized carbons (Fsp3) is 0.312. The Kier molecular flexibility index (Phi) is 4.13. The summed E-state index contributed by atoms with van der Waals surface area (Å²) in [5.41, 5.74) is -1.19. The number of hydrogen-bond acceptors (Lipinski definition) is 4. The molecule has 0 radical (unpaired) electrons. The lowest BCUT2D eigenvalue weighted by atomic mass is 10.1. The van der Waals surface area contributed by atoms with Crippen LogP contribution in [0.3, 0.4) is 0 Å². The third kappa shape index (κ3) is 3.81. The van der Waals surface area contributed by atoms with Crippen molar-refractivity contribution in [1.29, 1.82) is 0 Å². The molecule has 1 aromatic heterocycles. The van der Waals surface area contributed by atoms with Crippen molar-refractivity contribution in [2.75, 3.05) is 10.6 Å². The Morgan fingerprint density at radius 1 is 1.21 bits per heavy atom. The second-order valence-corrected chi connectivity index (χ2v) is 5.60. The van der Waals surface area contributed by atoms with Crippen LogP contribution < -0.4 is 10.6 Å². The van der Waals surface area contributed by atoms with Crippen LogP contribution in [0.1, 0.15) is 34.7 Å². The number of benzene rings is 1. The van der Waals surface area contributed by atoms with E-state index in [0.717, 1.165) is 18.9 Å².